The minimum atomic E-state index is -0.307. The molecule has 5 nitrogen and oxygen atoms in total. The predicted octanol–water partition coefficient (Wildman–Crippen LogP) is 3.27. The molecule has 0 unspecified atom stereocenters. The quantitative estimate of drug-likeness (QED) is 0.551. The molecule has 24 heavy (non-hydrogen) atoms. The van der Waals surface area contributed by atoms with Crippen molar-refractivity contribution in [2.45, 2.75) is 19.9 Å². The zero-order valence-corrected chi connectivity index (χ0v) is 13.7. The summed E-state index contributed by atoms with van der Waals surface area (Å²) in [6.45, 7) is 2.83. The molecule has 2 aromatic rings. The Hall–Kier alpha value is -2.82. The number of hydrogen-bond donors (Lipinski definition) is 0. The van der Waals surface area contributed by atoms with E-state index in [2.05, 4.69) is 0 Å². The molecule has 0 fully saturated rings. The molecule has 0 aliphatic rings. The normalized spacial score (nSPS) is 10.7. The van der Waals surface area contributed by atoms with Gasteiger partial charge in [0, 0.05) is 19.2 Å². The molecule has 2 rings (SSSR count). The third-order valence-corrected chi connectivity index (χ3v) is 3.35. The maximum atomic E-state index is 12.5. The summed E-state index contributed by atoms with van der Waals surface area (Å²) in [5.41, 5.74) is 1.00. The van der Waals surface area contributed by atoms with Crippen molar-refractivity contribution in [3.8, 4) is 0 Å². The lowest BCUT2D eigenvalue weighted by Gasteiger charge is -2.21. The first-order valence-corrected chi connectivity index (χ1v) is 7.89. The van der Waals surface area contributed by atoms with E-state index in [1.807, 2.05) is 30.3 Å². The van der Waals surface area contributed by atoms with Gasteiger partial charge < -0.3 is 14.1 Å². The van der Waals surface area contributed by atoms with Crippen molar-refractivity contribution in [3.05, 3.63) is 66.1 Å². The van der Waals surface area contributed by atoms with Gasteiger partial charge in [-0.25, -0.2) is 0 Å². The van der Waals surface area contributed by atoms with Gasteiger partial charge in [0.1, 0.15) is 5.76 Å². The molecule has 0 saturated heterocycles. The Morgan fingerprint density at radius 3 is 2.62 bits per heavy atom. The van der Waals surface area contributed by atoms with Crippen LogP contribution < -0.4 is 0 Å². The number of esters is 1. The Bertz CT molecular complexity index is 662. The van der Waals surface area contributed by atoms with Crippen molar-refractivity contribution >= 4 is 18.0 Å². The first-order valence-electron chi connectivity index (χ1n) is 7.89. The summed E-state index contributed by atoms with van der Waals surface area (Å²) in [7, 11) is 0. The molecule has 1 aromatic heterocycles. The summed E-state index contributed by atoms with van der Waals surface area (Å²) >= 11 is 0. The number of nitrogens with zero attached hydrogens (tertiary/aromatic N) is 1. The molecule has 0 atom stereocenters. The lowest BCUT2D eigenvalue weighted by molar-refractivity contribution is -0.143. The molecule has 1 amide bonds. The van der Waals surface area contributed by atoms with E-state index >= 15 is 0 Å². The number of rotatable bonds is 8. The van der Waals surface area contributed by atoms with E-state index in [1.54, 1.807) is 36.3 Å². The molecule has 0 spiro atoms. The molecule has 0 N–H and O–H groups in total. The van der Waals surface area contributed by atoms with Crippen LogP contribution in [0.2, 0.25) is 0 Å². The number of benzene rings is 1. The molecule has 0 saturated carbocycles. The van der Waals surface area contributed by atoms with Crippen LogP contribution in [0.1, 0.15) is 24.7 Å². The summed E-state index contributed by atoms with van der Waals surface area (Å²) < 4.78 is 10.1. The second-order valence-corrected chi connectivity index (χ2v) is 5.15. The van der Waals surface area contributed by atoms with Gasteiger partial charge in [-0.2, -0.15) is 0 Å². The maximum Gasteiger partial charge on any atom is 0.307 e. The standard InChI is InChI=1S/C19H21NO4/c1-2-23-19(22)12-13-20(15-16-7-4-3-5-8-16)18(21)11-10-17-9-6-14-24-17/h3-11,14H,2,12-13,15H2,1H3/b11-10+. The smallest absolute Gasteiger partial charge is 0.307 e. The molecule has 0 aliphatic carbocycles. The van der Waals surface area contributed by atoms with Gasteiger partial charge in [-0.05, 0) is 30.7 Å². The molecule has 0 bridgehead atoms. The molecule has 1 aromatic carbocycles. The predicted molar refractivity (Wildman–Crippen MR) is 90.9 cm³/mol. The van der Waals surface area contributed by atoms with Crippen LogP contribution in [0.5, 0.6) is 0 Å². The molecule has 126 valence electrons. The Morgan fingerprint density at radius 1 is 1.17 bits per heavy atom. The van der Waals surface area contributed by atoms with Gasteiger partial charge in [0.2, 0.25) is 5.91 Å². The zero-order valence-electron chi connectivity index (χ0n) is 13.7. The maximum absolute atomic E-state index is 12.5. The van der Waals surface area contributed by atoms with E-state index < -0.39 is 0 Å². The SMILES string of the molecule is CCOC(=O)CCN(Cc1ccccc1)C(=O)/C=C/c1ccco1. The minimum Gasteiger partial charge on any atom is -0.466 e. The third kappa shape index (κ3) is 5.76. The molecule has 0 radical (unpaired) electrons. The number of carbonyl (C=O) groups excluding carboxylic acids is 2. The van der Waals surface area contributed by atoms with E-state index in [9.17, 15) is 9.59 Å². The van der Waals surface area contributed by atoms with Crippen molar-refractivity contribution in [1.29, 1.82) is 0 Å². The van der Waals surface area contributed by atoms with Crippen LogP contribution in [0.3, 0.4) is 0 Å². The van der Waals surface area contributed by atoms with Crippen LogP contribution in [0, 0.1) is 0 Å². The largest absolute Gasteiger partial charge is 0.466 e. The van der Waals surface area contributed by atoms with Crippen molar-refractivity contribution in [3.63, 3.8) is 0 Å². The number of carbonyl (C=O) groups is 2. The van der Waals surface area contributed by atoms with Gasteiger partial charge in [0.25, 0.3) is 0 Å². The number of ether oxygens (including phenoxy) is 1. The third-order valence-electron chi connectivity index (χ3n) is 3.35. The Kier molecular flexibility index (Phi) is 6.83. The van der Waals surface area contributed by atoms with Gasteiger partial charge in [0.15, 0.2) is 0 Å². The highest BCUT2D eigenvalue weighted by atomic mass is 16.5. The summed E-state index contributed by atoms with van der Waals surface area (Å²) in [6.07, 6.45) is 4.78. The van der Waals surface area contributed by atoms with Crippen molar-refractivity contribution in [2.24, 2.45) is 0 Å². The van der Waals surface area contributed by atoms with Crippen LogP contribution in [0.15, 0.2) is 59.2 Å². The minimum absolute atomic E-state index is 0.168. The molecular weight excluding hydrogens is 306 g/mol. The second kappa shape index (κ2) is 9.35. The average Bonchev–Trinajstić information content (AvgIpc) is 3.11. The van der Waals surface area contributed by atoms with Crippen molar-refractivity contribution in [1.82, 2.24) is 4.90 Å². The van der Waals surface area contributed by atoms with Crippen LogP contribution >= 0.6 is 0 Å². The number of furan rings is 1. The van der Waals surface area contributed by atoms with Gasteiger partial charge in [0.05, 0.1) is 19.3 Å². The number of amides is 1. The van der Waals surface area contributed by atoms with Crippen LogP contribution in [0.25, 0.3) is 6.08 Å². The topological polar surface area (TPSA) is 59.8 Å². The average molecular weight is 327 g/mol. The van der Waals surface area contributed by atoms with E-state index in [4.69, 9.17) is 9.15 Å². The molecular formula is C19H21NO4. The zero-order chi connectivity index (χ0) is 17.2. The van der Waals surface area contributed by atoms with Gasteiger partial charge >= 0.3 is 5.97 Å². The molecule has 0 aliphatic heterocycles. The first-order chi connectivity index (χ1) is 11.7. The highest BCUT2D eigenvalue weighted by Gasteiger charge is 2.14. The molecule has 5 heteroatoms. The van der Waals surface area contributed by atoms with Crippen molar-refractivity contribution < 1.29 is 18.7 Å². The highest BCUT2D eigenvalue weighted by Crippen LogP contribution is 2.08. The van der Waals surface area contributed by atoms with Gasteiger partial charge in [-0.1, -0.05) is 30.3 Å². The fraction of sp³-hybridized carbons (Fsp3) is 0.263. The van der Waals surface area contributed by atoms with Gasteiger partial charge in [-0.3, -0.25) is 9.59 Å². The Balaban J connectivity index is 2.03. The van der Waals surface area contributed by atoms with E-state index in [0.717, 1.165) is 5.56 Å². The Morgan fingerprint density at radius 2 is 1.96 bits per heavy atom. The van der Waals surface area contributed by atoms with Gasteiger partial charge in [-0.15, -0.1) is 0 Å². The van der Waals surface area contributed by atoms with Crippen LogP contribution in [0.4, 0.5) is 0 Å². The summed E-state index contributed by atoms with van der Waals surface area (Å²) in [5, 5.41) is 0. The molecule has 1 heterocycles. The fourth-order valence-corrected chi connectivity index (χ4v) is 2.18. The van der Waals surface area contributed by atoms with E-state index in [0.29, 0.717) is 25.5 Å². The lowest BCUT2D eigenvalue weighted by atomic mass is 10.2. The summed E-state index contributed by atoms with van der Waals surface area (Å²) in [4.78, 5) is 25.6. The van der Waals surface area contributed by atoms with Crippen molar-refractivity contribution in [2.75, 3.05) is 13.2 Å². The number of hydrogen-bond acceptors (Lipinski definition) is 4. The lowest BCUT2D eigenvalue weighted by Crippen LogP contribution is -2.31. The Labute approximate surface area is 141 Å². The van der Waals surface area contributed by atoms with E-state index in [1.165, 1.54) is 6.08 Å². The van der Waals surface area contributed by atoms with Crippen LogP contribution in [-0.4, -0.2) is 29.9 Å². The second-order valence-electron chi connectivity index (χ2n) is 5.15. The highest BCUT2D eigenvalue weighted by molar-refractivity contribution is 5.91. The first kappa shape index (κ1) is 17.5. The summed E-state index contributed by atoms with van der Waals surface area (Å²) in [6, 6.07) is 13.2. The van der Waals surface area contributed by atoms with E-state index in [-0.39, 0.29) is 18.3 Å². The van der Waals surface area contributed by atoms with Crippen LogP contribution in [-0.2, 0) is 20.9 Å². The summed E-state index contributed by atoms with van der Waals surface area (Å²) in [5.74, 6) is 0.117. The fourth-order valence-electron chi connectivity index (χ4n) is 2.18. The monoisotopic (exact) mass is 327 g/mol.